The largest absolute Gasteiger partial charge is 0.370 e. The number of halogens is 1. The minimum Gasteiger partial charge on any atom is -0.370 e. The molecule has 1 aromatic carbocycles. The second-order valence-corrected chi connectivity index (χ2v) is 5.37. The lowest BCUT2D eigenvalue weighted by atomic mass is 10.1. The van der Waals surface area contributed by atoms with Crippen LogP contribution in [0.2, 0.25) is 0 Å². The number of carbonyl (C=O) groups is 1. The molecule has 4 heteroatoms. The number of ketones is 1. The van der Waals surface area contributed by atoms with Crippen LogP contribution in [-0.2, 0) is 0 Å². The van der Waals surface area contributed by atoms with Gasteiger partial charge in [0.1, 0.15) is 5.82 Å². The van der Waals surface area contributed by atoms with Gasteiger partial charge in [0.05, 0.1) is 11.3 Å². The number of rotatable bonds is 2. The Bertz CT molecular complexity index is 414. The fourth-order valence-corrected chi connectivity index (χ4v) is 3.00. The SMILES string of the molecule is CC(=O)c1c(F)cccc1N1CCCSCC1. The maximum absolute atomic E-state index is 13.7. The van der Waals surface area contributed by atoms with E-state index in [0.717, 1.165) is 36.7 Å². The van der Waals surface area contributed by atoms with Gasteiger partial charge in [-0.3, -0.25) is 4.79 Å². The van der Waals surface area contributed by atoms with Crippen molar-refractivity contribution in [3.63, 3.8) is 0 Å². The number of hydrogen-bond acceptors (Lipinski definition) is 3. The first-order valence-corrected chi connectivity index (χ1v) is 6.98. The van der Waals surface area contributed by atoms with E-state index < -0.39 is 5.82 Å². The third kappa shape index (κ3) is 2.80. The second-order valence-electron chi connectivity index (χ2n) is 4.14. The number of anilines is 1. The van der Waals surface area contributed by atoms with E-state index in [1.165, 1.54) is 13.0 Å². The molecule has 0 bridgehead atoms. The summed E-state index contributed by atoms with van der Waals surface area (Å²) in [5, 5.41) is 0. The highest BCUT2D eigenvalue weighted by atomic mass is 32.2. The van der Waals surface area contributed by atoms with E-state index in [-0.39, 0.29) is 11.3 Å². The highest BCUT2D eigenvalue weighted by molar-refractivity contribution is 7.99. The molecule has 0 aromatic heterocycles. The van der Waals surface area contributed by atoms with Crippen LogP contribution in [0.3, 0.4) is 0 Å². The maximum Gasteiger partial charge on any atom is 0.164 e. The first-order valence-electron chi connectivity index (χ1n) is 5.82. The molecular weight excluding hydrogens is 237 g/mol. The minimum atomic E-state index is -0.410. The van der Waals surface area contributed by atoms with Crippen LogP contribution in [0.25, 0.3) is 0 Å². The molecule has 1 fully saturated rings. The van der Waals surface area contributed by atoms with Gasteiger partial charge in [0.15, 0.2) is 5.78 Å². The Hall–Kier alpha value is -1.03. The van der Waals surface area contributed by atoms with Crippen molar-refractivity contribution < 1.29 is 9.18 Å². The zero-order valence-corrected chi connectivity index (χ0v) is 10.7. The van der Waals surface area contributed by atoms with Gasteiger partial charge in [-0.05, 0) is 31.2 Å². The summed E-state index contributed by atoms with van der Waals surface area (Å²) in [6, 6.07) is 4.87. The summed E-state index contributed by atoms with van der Waals surface area (Å²) in [6.45, 7) is 3.21. The van der Waals surface area contributed by atoms with Crippen LogP contribution in [0.1, 0.15) is 23.7 Å². The smallest absolute Gasteiger partial charge is 0.164 e. The second kappa shape index (κ2) is 5.54. The molecule has 0 N–H and O–H groups in total. The van der Waals surface area contributed by atoms with Crippen molar-refractivity contribution in [3.05, 3.63) is 29.6 Å². The topological polar surface area (TPSA) is 20.3 Å². The van der Waals surface area contributed by atoms with E-state index in [4.69, 9.17) is 0 Å². The van der Waals surface area contributed by atoms with Gasteiger partial charge in [-0.25, -0.2) is 4.39 Å². The molecule has 0 aliphatic carbocycles. The molecule has 1 aromatic rings. The Balaban J connectivity index is 2.36. The first kappa shape index (κ1) is 12.4. The van der Waals surface area contributed by atoms with Crippen LogP contribution in [0.5, 0.6) is 0 Å². The number of benzene rings is 1. The van der Waals surface area contributed by atoms with Gasteiger partial charge >= 0.3 is 0 Å². The molecule has 17 heavy (non-hydrogen) atoms. The molecule has 0 saturated carbocycles. The molecule has 92 valence electrons. The lowest BCUT2D eigenvalue weighted by Gasteiger charge is -2.24. The van der Waals surface area contributed by atoms with Crippen LogP contribution in [0, 0.1) is 5.82 Å². The number of nitrogens with zero attached hydrogens (tertiary/aromatic N) is 1. The molecule has 2 rings (SSSR count). The minimum absolute atomic E-state index is 0.199. The van der Waals surface area contributed by atoms with E-state index in [2.05, 4.69) is 4.90 Å². The summed E-state index contributed by atoms with van der Waals surface area (Å²) in [5.41, 5.74) is 0.986. The quantitative estimate of drug-likeness (QED) is 0.756. The maximum atomic E-state index is 13.7. The highest BCUT2D eigenvalue weighted by Gasteiger charge is 2.18. The predicted molar refractivity (Wildman–Crippen MR) is 70.6 cm³/mol. The summed E-state index contributed by atoms with van der Waals surface area (Å²) < 4.78 is 13.7. The van der Waals surface area contributed by atoms with Gasteiger partial charge in [0, 0.05) is 18.8 Å². The van der Waals surface area contributed by atoms with E-state index in [9.17, 15) is 9.18 Å². The predicted octanol–water partition coefficient (Wildman–Crippen LogP) is 2.97. The average Bonchev–Trinajstić information content (AvgIpc) is 2.56. The third-order valence-electron chi connectivity index (χ3n) is 2.91. The van der Waals surface area contributed by atoms with E-state index in [1.54, 1.807) is 6.07 Å². The molecule has 2 nitrogen and oxygen atoms in total. The van der Waals surface area contributed by atoms with Crippen LogP contribution in [0.4, 0.5) is 10.1 Å². The fraction of sp³-hybridized carbons (Fsp3) is 0.462. The monoisotopic (exact) mass is 253 g/mol. The molecule has 1 heterocycles. The van der Waals surface area contributed by atoms with Crippen molar-refractivity contribution in [2.45, 2.75) is 13.3 Å². The molecule has 0 spiro atoms. The molecule has 0 radical (unpaired) electrons. The summed E-state index contributed by atoms with van der Waals surface area (Å²) in [5.74, 6) is 1.57. The lowest BCUT2D eigenvalue weighted by molar-refractivity contribution is 0.101. The Morgan fingerprint density at radius 1 is 1.35 bits per heavy atom. The van der Waals surface area contributed by atoms with Crippen LogP contribution in [-0.4, -0.2) is 30.4 Å². The van der Waals surface area contributed by atoms with Gasteiger partial charge in [-0.1, -0.05) is 6.07 Å². The van der Waals surface area contributed by atoms with Crippen LogP contribution >= 0.6 is 11.8 Å². The normalized spacial score (nSPS) is 16.7. The third-order valence-corrected chi connectivity index (χ3v) is 3.96. The zero-order valence-electron chi connectivity index (χ0n) is 9.91. The van der Waals surface area contributed by atoms with E-state index in [0.29, 0.717) is 0 Å². The molecule has 1 aliphatic heterocycles. The van der Waals surface area contributed by atoms with Crippen LogP contribution < -0.4 is 4.90 Å². The van der Waals surface area contributed by atoms with Gasteiger partial charge in [0.2, 0.25) is 0 Å². The van der Waals surface area contributed by atoms with Crippen molar-refractivity contribution in [2.24, 2.45) is 0 Å². The Morgan fingerprint density at radius 2 is 2.18 bits per heavy atom. The molecule has 0 atom stereocenters. The van der Waals surface area contributed by atoms with Gasteiger partial charge in [-0.2, -0.15) is 11.8 Å². The molecule has 0 amide bonds. The summed E-state index contributed by atoms with van der Waals surface area (Å²) in [4.78, 5) is 13.7. The molecular formula is C13H16FNOS. The highest BCUT2D eigenvalue weighted by Crippen LogP contribution is 2.26. The molecule has 1 aliphatic rings. The first-order chi connectivity index (χ1) is 8.20. The number of thioether (sulfide) groups is 1. The average molecular weight is 253 g/mol. The van der Waals surface area contributed by atoms with Crippen molar-refractivity contribution in [1.82, 2.24) is 0 Å². The zero-order chi connectivity index (χ0) is 12.3. The van der Waals surface area contributed by atoms with Gasteiger partial charge in [0.25, 0.3) is 0 Å². The summed E-state index contributed by atoms with van der Waals surface area (Å²) >= 11 is 1.91. The van der Waals surface area contributed by atoms with E-state index in [1.807, 2.05) is 17.8 Å². The van der Waals surface area contributed by atoms with Crippen molar-refractivity contribution in [3.8, 4) is 0 Å². The van der Waals surface area contributed by atoms with Crippen LogP contribution in [0.15, 0.2) is 18.2 Å². The number of hydrogen-bond donors (Lipinski definition) is 0. The van der Waals surface area contributed by atoms with Crippen molar-refractivity contribution in [1.29, 1.82) is 0 Å². The molecule has 1 saturated heterocycles. The number of Topliss-reactive ketones (excluding diaryl/α,β-unsaturated/α-hetero) is 1. The number of carbonyl (C=O) groups excluding carboxylic acids is 1. The van der Waals surface area contributed by atoms with Crippen molar-refractivity contribution in [2.75, 3.05) is 29.5 Å². The van der Waals surface area contributed by atoms with E-state index >= 15 is 0 Å². The van der Waals surface area contributed by atoms with Gasteiger partial charge < -0.3 is 4.90 Å². The Morgan fingerprint density at radius 3 is 2.94 bits per heavy atom. The van der Waals surface area contributed by atoms with Gasteiger partial charge in [-0.15, -0.1) is 0 Å². The standard InChI is InChI=1S/C13H16FNOS/c1-10(16)13-11(14)4-2-5-12(13)15-6-3-8-17-9-7-15/h2,4-5H,3,6-9H2,1H3. The van der Waals surface area contributed by atoms with Crippen molar-refractivity contribution >= 4 is 23.2 Å². The summed E-state index contributed by atoms with van der Waals surface area (Å²) in [7, 11) is 0. The summed E-state index contributed by atoms with van der Waals surface area (Å²) in [6.07, 6.45) is 1.08. The fourth-order valence-electron chi connectivity index (χ4n) is 2.11. The molecule has 0 unspecified atom stereocenters. The Labute approximate surface area is 105 Å². The Kier molecular flexibility index (Phi) is 4.05. The lowest BCUT2D eigenvalue weighted by Crippen LogP contribution is -2.27.